The molecule has 2 aromatic rings. The molecule has 1 amide bonds. The quantitative estimate of drug-likeness (QED) is 0.426. The van der Waals surface area contributed by atoms with Crippen molar-refractivity contribution in [2.24, 2.45) is 5.92 Å². The number of likely N-dealkylation sites (tertiary alicyclic amines) is 1. The van der Waals surface area contributed by atoms with E-state index in [1.807, 2.05) is 11.0 Å². The van der Waals surface area contributed by atoms with E-state index < -0.39 is 0 Å². The van der Waals surface area contributed by atoms with Crippen molar-refractivity contribution < 1.29 is 14.3 Å². The lowest BCUT2D eigenvalue weighted by molar-refractivity contribution is -0.128. The predicted octanol–water partition coefficient (Wildman–Crippen LogP) is 5.16. The molecule has 1 aliphatic carbocycles. The summed E-state index contributed by atoms with van der Waals surface area (Å²) in [6, 6.07) is 12.5. The maximum atomic E-state index is 12.1. The van der Waals surface area contributed by atoms with E-state index in [9.17, 15) is 9.59 Å². The number of ether oxygens (including phenoxy) is 1. The van der Waals surface area contributed by atoms with Crippen LogP contribution in [-0.2, 0) is 11.3 Å². The number of allylic oxidation sites excluding steroid dienone is 2. The number of amides is 1. The summed E-state index contributed by atoms with van der Waals surface area (Å²) < 4.78 is 6.11. The van der Waals surface area contributed by atoms with E-state index in [4.69, 9.17) is 15.6 Å². The summed E-state index contributed by atoms with van der Waals surface area (Å²) >= 11 is 0. The number of Topliss-reactive ketones (excluding diaryl/α,β-unsaturated/α-hetero) is 1. The summed E-state index contributed by atoms with van der Waals surface area (Å²) in [7, 11) is 0. The number of carbonyl (C=O) groups excluding carboxylic acids is 2. The van der Waals surface area contributed by atoms with Crippen LogP contribution in [0.3, 0.4) is 0 Å². The number of benzene rings is 2. The first-order valence-electron chi connectivity index (χ1n) is 11.0. The third kappa shape index (κ3) is 5.19. The molecular weight excluding hydrogens is 402 g/mol. The Hall–Kier alpha value is -3.54. The molecule has 0 unspecified atom stereocenters. The third-order valence-electron chi connectivity index (χ3n) is 5.85. The molecule has 0 aromatic heterocycles. The molecule has 2 N–H and O–H groups in total. The normalized spacial score (nSPS) is 15.9. The topological polar surface area (TPSA) is 94.3 Å². The molecule has 1 heterocycles. The number of nitrogens with one attached hydrogen (secondary N) is 2. The lowest BCUT2D eigenvalue weighted by atomic mass is 10.1. The molecule has 164 valence electrons. The van der Waals surface area contributed by atoms with Crippen LogP contribution < -0.4 is 4.74 Å². The monoisotopic (exact) mass is 429 g/mol. The highest BCUT2D eigenvalue weighted by Gasteiger charge is 2.24. The molecular formula is C26H27N3O3. The van der Waals surface area contributed by atoms with Crippen LogP contribution in [0.25, 0.3) is 0 Å². The first-order chi connectivity index (χ1) is 15.4. The van der Waals surface area contributed by atoms with Gasteiger partial charge in [-0.2, -0.15) is 0 Å². The largest absolute Gasteiger partial charge is 0.457 e. The Kier molecular flexibility index (Phi) is 6.30. The summed E-state index contributed by atoms with van der Waals surface area (Å²) in [6.07, 6.45) is 6.95. The molecule has 0 atom stereocenters. The second kappa shape index (κ2) is 9.30. The van der Waals surface area contributed by atoms with Gasteiger partial charge in [-0.05, 0) is 74.2 Å². The lowest BCUT2D eigenvalue weighted by Gasteiger charge is -2.19. The van der Waals surface area contributed by atoms with Crippen molar-refractivity contribution in [2.45, 2.75) is 39.2 Å². The summed E-state index contributed by atoms with van der Waals surface area (Å²) in [5.74, 6) is 1.60. The molecule has 6 heteroatoms. The number of hydrogen-bond donors (Lipinski definition) is 2. The van der Waals surface area contributed by atoms with Gasteiger partial charge >= 0.3 is 0 Å². The minimum absolute atomic E-state index is 0.0500. The Morgan fingerprint density at radius 2 is 1.81 bits per heavy atom. The number of nitrogens with zero attached hydrogens (tertiary/aromatic N) is 1. The average molecular weight is 430 g/mol. The van der Waals surface area contributed by atoms with Gasteiger partial charge in [-0.15, -0.1) is 0 Å². The molecule has 4 rings (SSSR count). The molecule has 1 saturated heterocycles. The maximum Gasteiger partial charge on any atom is 0.222 e. The van der Waals surface area contributed by atoms with Gasteiger partial charge in [-0.3, -0.25) is 9.59 Å². The second-order valence-corrected chi connectivity index (χ2v) is 8.40. The van der Waals surface area contributed by atoms with Crippen LogP contribution >= 0.6 is 0 Å². The highest BCUT2D eigenvalue weighted by atomic mass is 16.5. The van der Waals surface area contributed by atoms with Crippen molar-refractivity contribution in [3.05, 3.63) is 71.3 Å². The van der Waals surface area contributed by atoms with E-state index in [-0.39, 0.29) is 11.7 Å². The Morgan fingerprint density at radius 1 is 1.09 bits per heavy atom. The van der Waals surface area contributed by atoms with Crippen molar-refractivity contribution in [3.8, 4) is 11.5 Å². The van der Waals surface area contributed by atoms with Crippen LogP contribution in [0.4, 0.5) is 0 Å². The summed E-state index contributed by atoms with van der Waals surface area (Å²) in [5, 5.41) is 16.2. The molecule has 2 aromatic carbocycles. The predicted molar refractivity (Wildman–Crippen MR) is 124 cm³/mol. The van der Waals surface area contributed by atoms with Crippen molar-refractivity contribution in [3.63, 3.8) is 0 Å². The third-order valence-corrected chi connectivity index (χ3v) is 5.85. The zero-order chi connectivity index (χ0) is 22.7. The van der Waals surface area contributed by atoms with E-state index in [1.165, 1.54) is 6.92 Å². The fourth-order valence-electron chi connectivity index (χ4n) is 3.71. The van der Waals surface area contributed by atoms with Crippen molar-refractivity contribution in [1.29, 1.82) is 10.8 Å². The van der Waals surface area contributed by atoms with Gasteiger partial charge in [0, 0.05) is 42.3 Å². The smallest absolute Gasteiger partial charge is 0.222 e. The molecule has 2 fully saturated rings. The van der Waals surface area contributed by atoms with E-state index >= 15 is 0 Å². The van der Waals surface area contributed by atoms with Gasteiger partial charge in [-0.1, -0.05) is 12.1 Å². The molecule has 0 radical (unpaired) electrons. The van der Waals surface area contributed by atoms with Crippen molar-refractivity contribution in [2.75, 3.05) is 6.54 Å². The van der Waals surface area contributed by atoms with Crippen LogP contribution in [0.5, 0.6) is 11.5 Å². The number of ketones is 1. The molecule has 2 aliphatic rings. The van der Waals surface area contributed by atoms with Gasteiger partial charge in [0.25, 0.3) is 0 Å². The first kappa shape index (κ1) is 21.7. The minimum Gasteiger partial charge on any atom is -0.457 e. The van der Waals surface area contributed by atoms with E-state index in [1.54, 1.807) is 48.6 Å². The van der Waals surface area contributed by atoms with Crippen LogP contribution in [-0.4, -0.2) is 34.6 Å². The molecule has 0 bridgehead atoms. The van der Waals surface area contributed by atoms with E-state index in [2.05, 4.69) is 0 Å². The first-order valence-corrected chi connectivity index (χ1v) is 11.0. The maximum absolute atomic E-state index is 12.1. The van der Waals surface area contributed by atoms with Gasteiger partial charge in [0.05, 0.1) is 5.71 Å². The number of hydrogen-bond acceptors (Lipinski definition) is 5. The Balaban J connectivity index is 1.50. The lowest BCUT2D eigenvalue weighted by Crippen LogP contribution is -2.24. The number of carbonyl (C=O) groups is 2. The van der Waals surface area contributed by atoms with Gasteiger partial charge in [-0.25, -0.2) is 0 Å². The van der Waals surface area contributed by atoms with Gasteiger partial charge in [0.1, 0.15) is 11.5 Å². The molecule has 0 spiro atoms. The minimum atomic E-state index is -0.0500. The van der Waals surface area contributed by atoms with Crippen molar-refractivity contribution >= 4 is 23.1 Å². The van der Waals surface area contributed by atoms with Gasteiger partial charge in [0.15, 0.2) is 5.78 Å². The standard InChI is InChI=1S/C26H27N3O3/c1-17(30)20-6-7-21(16-29-14-2-3-26(29)31)25(15-20)32-22-10-8-19(9-11-22)24(28)13-12-23(27)18-4-5-18/h6-13,15,18,27-28H,2-5,14,16H2,1H3/b13-12-,27-23?,28-24?. The molecule has 6 nitrogen and oxygen atoms in total. The van der Waals surface area contributed by atoms with Crippen LogP contribution in [0.15, 0.2) is 54.6 Å². The molecule has 32 heavy (non-hydrogen) atoms. The highest BCUT2D eigenvalue weighted by Crippen LogP contribution is 2.31. The van der Waals surface area contributed by atoms with Crippen LogP contribution in [0.2, 0.25) is 0 Å². The Labute approximate surface area is 187 Å². The average Bonchev–Trinajstić information content (AvgIpc) is 3.56. The summed E-state index contributed by atoms with van der Waals surface area (Å²) in [4.78, 5) is 25.7. The van der Waals surface area contributed by atoms with Gasteiger partial charge in [0.2, 0.25) is 5.91 Å². The molecule has 1 saturated carbocycles. The van der Waals surface area contributed by atoms with E-state index in [0.717, 1.165) is 36.9 Å². The fourth-order valence-corrected chi connectivity index (χ4v) is 3.71. The summed E-state index contributed by atoms with van der Waals surface area (Å²) in [5.41, 5.74) is 3.07. The Morgan fingerprint density at radius 3 is 2.44 bits per heavy atom. The fraction of sp³-hybridized carbons (Fsp3) is 0.308. The Bertz CT molecular complexity index is 1100. The molecule has 1 aliphatic heterocycles. The zero-order valence-electron chi connectivity index (χ0n) is 18.2. The number of rotatable bonds is 9. The SMILES string of the molecule is CC(=O)c1ccc(CN2CCCC2=O)c(Oc2ccc(C(=N)/C=C\C(=N)C3CC3)cc2)c1. The van der Waals surface area contributed by atoms with Crippen molar-refractivity contribution in [1.82, 2.24) is 4.90 Å². The van der Waals surface area contributed by atoms with Crippen LogP contribution in [0.1, 0.15) is 54.1 Å². The van der Waals surface area contributed by atoms with Gasteiger partial charge < -0.3 is 20.5 Å². The van der Waals surface area contributed by atoms with Crippen LogP contribution in [0, 0.1) is 16.7 Å². The second-order valence-electron chi connectivity index (χ2n) is 8.40. The summed E-state index contributed by atoms with van der Waals surface area (Å²) in [6.45, 7) is 2.70. The van der Waals surface area contributed by atoms with E-state index in [0.29, 0.717) is 47.4 Å². The zero-order valence-corrected chi connectivity index (χ0v) is 18.2. The highest BCUT2D eigenvalue weighted by molar-refractivity contribution is 6.10.